The number of aldehydes is 1. The molecule has 0 spiro atoms. The van der Waals surface area contributed by atoms with Crippen molar-refractivity contribution in [3.05, 3.63) is 71.9 Å². The van der Waals surface area contributed by atoms with Gasteiger partial charge in [-0.1, -0.05) is 36.4 Å². The van der Waals surface area contributed by atoms with E-state index in [1.165, 1.54) is 0 Å². The lowest BCUT2D eigenvalue weighted by Crippen LogP contribution is -2.02. The topological polar surface area (TPSA) is 52.0 Å². The molecule has 0 fully saturated rings. The molecule has 0 radical (unpaired) electrons. The summed E-state index contributed by atoms with van der Waals surface area (Å²) in [4.78, 5) is 28.2. The van der Waals surface area contributed by atoms with Gasteiger partial charge in [0.05, 0.1) is 16.6 Å². The number of hydrogen-bond acceptors (Lipinski definition) is 3. The molecule has 4 rings (SSSR count). The normalized spacial score (nSPS) is 11.0. The molecular formula is C20H14N2O2. The number of ketones is 1. The highest BCUT2D eigenvalue weighted by Gasteiger charge is 2.16. The van der Waals surface area contributed by atoms with Crippen LogP contribution in [0.2, 0.25) is 0 Å². The van der Waals surface area contributed by atoms with Crippen LogP contribution in [0.15, 0.2) is 60.8 Å². The van der Waals surface area contributed by atoms with Crippen molar-refractivity contribution in [2.75, 3.05) is 0 Å². The molecule has 24 heavy (non-hydrogen) atoms. The lowest BCUT2D eigenvalue weighted by Gasteiger charge is -2.09. The van der Waals surface area contributed by atoms with Gasteiger partial charge in [-0.3, -0.25) is 14.2 Å². The molecule has 116 valence electrons. The zero-order valence-corrected chi connectivity index (χ0v) is 13.1. The Kier molecular flexibility index (Phi) is 3.24. The van der Waals surface area contributed by atoms with Crippen molar-refractivity contribution in [3.8, 4) is 5.82 Å². The molecule has 0 aliphatic carbocycles. The maximum absolute atomic E-state index is 12.0. The number of benzene rings is 2. The van der Waals surface area contributed by atoms with Gasteiger partial charge in [0, 0.05) is 22.5 Å². The minimum atomic E-state index is -0.0154. The van der Waals surface area contributed by atoms with Crippen LogP contribution in [-0.4, -0.2) is 21.6 Å². The standard InChI is InChI=1S/C20H14N2O2/c1-13(24)17-11-22(19-9-5-3-7-16(17)19)20-15(12-23)10-14-6-2-4-8-18(14)21-20/h2-12H,1H3. The van der Waals surface area contributed by atoms with Crippen LogP contribution in [-0.2, 0) is 0 Å². The number of para-hydroxylation sites is 2. The molecule has 0 unspecified atom stereocenters. The van der Waals surface area contributed by atoms with E-state index >= 15 is 0 Å². The van der Waals surface area contributed by atoms with Gasteiger partial charge in [0.2, 0.25) is 0 Å². The highest BCUT2D eigenvalue weighted by molar-refractivity contribution is 6.07. The van der Waals surface area contributed by atoms with Crippen LogP contribution in [0.25, 0.3) is 27.6 Å². The number of carbonyl (C=O) groups excluding carboxylic acids is 2. The summed E-state index contributed by atoms with van der Waals surface area (Å²) in [6.07, 6.45) is 2.56. The van der Waals surface area contributed by atoms with Gasteiger partial charge >= 0.3 is 0 Å². The molecule has 2 heterocycles. The summed E-state index contributed by atoms with van der Waals surface area (Å²) in [5.74, 6) is 0.519. The maximum Gasteiger partial charge on any atom is 0.161 e. The molecule has 2 aromatic heterocycles. The number of fused-ring (bicyclic) bond motifs is 2. The zero-order valence-electron chi connectivity index (χ0n) is 13.1. The molecule has 0 aliphatic rings. The Morgan fingerprint density at radius 1 is 1.08 bits per heavy atom. The summed E-state index contributed by atoms with van der Waals surface area (Å²) in [5.41, 5.74) is 2.77. The van der Waals surface area contributed by atoms with Gasteiger partial charge in [0.25, 0.3) is 0 Å². The van der Waals surface area contributed by atoms with E-state index in [0.29, 0.717) is 16.9 Å². The lowest BCUT2D eigenvalue weighted by molar-refractivity contribution is 0.101. The minimum Gasteiger partial charge on any atom is -0.300 e. The van der Waals surface area contributed by atoms with Gasteiger partial charge in [0.1, 0.15) is 5.82 Å². The summed E-state index contributed by atoms with van der Waals surface area (Å²) in [6, 6.07) is 17.1. The van der Waals surface area contributed by atoms with Crippen molar-refractivity contribution in [1.82, 2.24) is 9.55 Å². The first-order chi connectivity index (χ1) is 11.7. The van der Waals surface area contributed by atoms with Gasteiger partial charge in [-0.25, -0.2) is 4.98 Å². The van der Waals surface area contributed by atoms with E-state index in [4.69, 9.17) is 0 Å². The van der Waals surface area contributed by atoms with Crippen LogP contribution in [0.5, 0.6) is 0 Å². The first kappa shape index (κ1) is 14.3. The number of carbonyl (C=O) groups is 2. The Morgan fingerprint density at radius 3 is 2.62 bits per heavy atom. The predicted octanol–water partition coefficient (Wildman–Crippen LogP) is 4.19. The maximum atomic E-state index is 12.0. The van der Waals surface area contributed by atoms with Gasteiger partial charge in [-0.15, -0.1) is 0 Å². The summed E-state index contributed by atoms with van der Waals surface area (Å²) < 4.78 is 1.82. The van der Waals surface area contributed by atoms with Crippen molar-refractivity contribution in [1.29, 1.82) is 0 Å². The summed E-state index contributed by atoms with van der Waals surface area (Å²) in [6.45, 7) is 1.54. The molecule has 0 bridgehead atoms. The monoisotopic (exact) mass is 314 g/mol. The van der Waals surface area contributed by atoms with E-state index < -0.39 is 0 Å². The van der Waals surface area contributed by atoms with Gasteiger partial charge in [0.15, 0.2) is 12.1 Å². The van der Waals surface area contributed by atoms with Gasteiger partial charge < -0.3 is 0 Å². The minimum absolute atomic E-state index is 0.0154. The Hall–Kier alpha value is -3.27. The molecule has 0 aliphatic heterocycles. The van der Waals surface area contributed by atoms with E-state index in [-0.39, 0.29) is 5.78 Å². The summed E-state index contributed by atoms with van der Waals surface area (Å²) in [5, 5.41) is 1.77. The van der Waals surface area contributed by atoms with Crippen LogP contribution in [0.4, 0.5) is 0 Å². The van der Waals surface area contributed by atoms with Crippen molar-refractivity contribution >= 4 is 33.9 Å². The summed E-state index contributed by atoms with van der Waals surface area (Å²) >= 11 is 0. The molecule has 0 saturated carbocycles. The number of pyridine rings is 1. The Labute approximate surface area is 138 Å². The number of nitrogens with zero attached hydrogens (tertiary/aromatic N) is 2. The second kappa shape index (κ2) is 5.42. The van der Waals surface area contributed by atoms with Crippen LogP contribution < -0.4 is 0 Å². The second-order valence-electron chi connectivity index (χ2n) is 5.70. The molecule has 0 saturated heterocycles. The van der Waals surface area contributed by atoms with Gasteiger partial charge in [-0.2, -0.15) is 0 Å². The lowest BCUT2D eigenvalue weighted by atomic mass is 10.1. The third-order valence-corrected chi connectivity index (χ3v) is 4.18. The number of Topliss-reactive ketones (excluding diaryl/α,β-unsaturated/α-hetero) is 1. The molecule has 4 heteroatoms. The number of aromatic nitrogens is 2. The Morgan fingerprint density at radius 2 is 1.83 bits per heavy atom. The molecule has 0 amide bonds. The highest BCUT2D eigenvalue weighted by atomic mass is 16.1. The quantitative estimate of drug-likeness (QED) is 0.421. The third-order valence-electron chi connectivity index (χ3n) is 4.18. The van der Waals surface area contributed by atoms with Crippen molar-refractivity contribution < 1.29 is 9.59 Å². The fourth-order valence-electron chi connectivity index (χ4n) is 3.04. The molecule has 0 N–H and O–H groups in total. The molecular weight excluding hydrogens is 300 g/mol. The van der Waals surface area contributed by atoms with Crippen molar-refractivity contribution in [2.24, 2.45) is 0 Å². The fraction of sp³-hybridized carbons (Fsp3) is 0.0500. The molecule has 2 aromatic carbocycles. The predicted molar refractivity (Wildman–Crippen MR) is 94.0 cm³/mol. The van der Waals surface area contributed by atoms with Gasteiger partial charge in [-0.05, 0) is 25.1 Å². The highest BCUT2D eigenvalue weighted by Crippen LogP contribution is 2.27. The van der Waals surface area contributed by atoms with Crippen LogP contribution in [0, 0.1) is 0 Å². The Balaban J connectivity index is 2.09. The molecule has 0 atom stereocenters. The van der Waals surface area contributed by atoms with E-state index in [1.54, 1.807) is 13.1 Å². The summed E-state index contributed by atoms with van der Waals surface area (Å²) in [7, 11) is 0. The SMILES string of the molecule is CC(=O)c1cn(-c2nc3ccccc3cc2C=O)c2ccccc12. The average Bonchev–Trinajstić information content (AvgIpc) is 3.00. The second-order valence-corrected chi connectivity index (χ2v) is 5.70. The smallest absolute Gasteiger partial charge is 0.161 e. The van der Waals surface area contributed by atoms with Crippen LogP contribution in [0.3, 0.4) is 0 Å². The largest absolute Gasteiger partial charge is 0.300 e. The first-order valence-electron chi connectivity index (χ1n) is 7.65. The van der Waals surface area contributed by atoms with E-state index in [1.807, 2.05) is 59.2 Å². The van der Waals surface area contributed by atoms with Crippen LogP contribution in [0.1, 0.15) is 27.6 Å². The first-order valence-corrected chi connectivity index (χ1v) is 7.65. The van der Waals surface area contributed by atoms with Crippen molar-refractivity contribution in [2.45, 2.75) is 6.92 Å². The fourth-order valence-corrected chi connectivity index (χ4v) is 3.04. The van der Waals surface area contributed by atoms with Crippen LogP contribution >= 0.6 is 0 Å². The van der Waals surface area contributed by atoms with E-state index in [0.717, 1.165) is 28.1 Å². The average molecular weight is 314 g/mol. The number of rotatable bonds is 3. The van der Waals surface area contributed by atoms with Crippen molar-refractivity contribution in [3.63, 3.8) is 0 Å². The molecule has 4 aromatic rings. The zero-order chi connectivity index (χ0) is 16.7. The van der Waals surface area contributed by atoms with E-state index in [2.05, 4.69) is 4.98 Å². The Bertz CT molecular complexity index is 1110. The number of hydrogen-bond donors (Lipinski definition) is 0. The molecule has 4 nitrogen and oxygen atoms in total. The third kappa shape index (κ3) is 2.12. The van der Waals surface area contributed by atoms with E-state index in [9.17, 15) is 9.59 Å².